The molecular formula is C16H21N3O3. The molecule has 22 heavy (non-hydrogen) atoms. The largest absolute Gasteiger partial charge is 0.493 e. The molecule has 6 nitrogen and oxygen atoms in total. The van der Waals surface area contributed by atoms with Gasteiger partial charge >= 0.3 is 0 Å². The normalized spacial score (nSPS) is 10.6. The average Bonchev–Trinajstić information content (AvgIpc) is 2.92. The summed E-state index contributed by atoms with van der Waals surface area (Å²) in [7, 11) is 3.05. The van der Waals surface area contributed by atoms with Crippen LogP contribution >= 0.6 is 0 Å². The minimum atomic E-state index is -0.263. The SMILES string of the molecule is COc1cccc(C(=O)Nc2ccnn2CC(C)C)c1OC. The van der Waals surface area contributed by atoms with Crippen LogP contribution in [0.2, 0.25) is 0 Å². The van der Waals surface area contributed by atoms with Crippen LogP contribution in [-0.4, -0.2) is 29.9 Å². The number of carbonyl (C=O) groups is 1. The van der Waals surface area contributed by atoms with E-state index in [0.717, 1.165) is 6.54 Å². The molecule has 1 heterocycles. The van der Waals surface area contributed by atoms with Gasteiger partial charge in [0.25, 0.3) is 5.91 Å². The second-order valence-electron chi connectivity index (χ2n) is 5.29. The highest BCUT2D eigenvalue weighted by Crippen LogP contribution is 2.31. The van der Waals surface area contributed by atoms with E-state index in [4.69, 9.17) is 9.47 Å². The molecular weight excluding hydrogens is 282 g/mol. The number of carbonyl (C=O) groups excluding carboxylic acids is 1. The smallest absolute Gasteiger partial charge is 0.260 e. The van der Waals surface area contributed by atoms with E-state index in [-0.39, 0.29) is 5.91 Å². The maximum Gasteiger partial charge on any atom is 0.260 e. The zero-order valence-corrected chi connectivity index (χ0v) is 13.3. The minimum absolute atomic E-state index is 0.263. The van der Waals surface area contributed by atoms with E-state index >= 15 is 0 Å². The Labute approximate surface area is 130 Å². The number of hydrogen-bond acceptors (Lipinski definition) is 4. The lowest BCUT2D eigenvalue weighted by Gasteiger charge is -2.14. The van der Waals surface area contributed by atoms with Gasteiger partial charge in [0.05, 0.1) is 26.0 Å². The molecule has 0 radical (unpaired) electrons. The number of benzene rings is 1. The number of methoxy groups -OCH3 is 2. The van der Waals surface area contributed by atoms with Crippen LogP contribution in [0.15, 0.2) is 30.5 Å². The summed E-state index contributed by atoms with van der Waals surface area (Å²) in [5, 5.41) is 7.09. The van der Waals surface area contributed by atoms with E-state index < -0.39 is 0 Å². The van der Waals surface area contributed by atoms with E-state index in [1.54, 1.807) is 35.1 Å². The van der Waals surface area contributed by atoms with Crippen LogP contribution in [0.4, 0.5) is 5.82 Å². The number of anilines is 1. The molecule has 0 unspecified atom stereocenters. The first-order valence-corrected chi connectivity index (χ1v) is 7.11. The molecule has 0 spiro atoms. The summed E-state index contributed by atoms with van der Waals surface area (Å²) >= 11 is 0. The van der Waals surface area contributed by atoms with Gasteiger partial charge in [-0.3, -0.25) is 4.79 Å². The topological polar surface area (TPSA) is 65.4 Å². The molecule has 1 N–H and O–H groups in total. The Morgan fingerprint density at radius 1 is 1.27 bits per heavy atom. The third-order valence-corrected chi connectivity index (χ3v) is 3.14. The predicted octanol–water partition coefficient (Wildman–Crippen LogP) is 2.81. The Morgan fingerprint density at radius 3 is 2.68 bits per heavy atom. The molecule has 6 heteroatoms. The van der Waals surface area contributed by atoms with Crippen molar-refractivity contribution in [3.63, 3.8) is 0 Å². The van der Waals surface area contributed by atoms with E-state index in [1.807, 2.05) is 0 Å². The van der Waals surface area contributed by atoms with Crippen molar-refractivity contribution in [3.8, 4) is 11.5 Å². The number of rotatable bonds is 6. The molecule has 0 aliphatic rings. The standard InChI is InChI=1S/C16H21N3O3/c1-11(2)10-19-14(8-9-17-19)18-16(20)12-6-5-7-13(21-3)15(12)22-4/h5-9,11H,10H2,1-4H3,(H,18,20). The van der Waals surface area contributed by atoms with Gasteiger partial charge in [-0.25, -0.2) is 4.68 Å². The molecule has 0 aliphatic carbocycles. The Balaban J connectivity index is 2.25. The monoisotopic (exact) mass is 303 g/mol. The van der Waals surface area contributed by atoms with Gasteiger partial charge in [0.2, 0.25) is 0 Å². The van der Waals surface area contributed by atoms with Crippen molar-refractivity contribution in [1.82, 2.24) is 9.78 Å². The molecule has 2 aromatic rings. The summed E-state index contributed by atoms with van der Waals surface area (Å²) in [4.78, 5) is 12.5. The van der Waals surface area contributed by atoms with E-state index in [2.05, 4.69) is 24.3 Å². The highest BCUT2D eigenvalue weighted by atomic mass is 16.5. The maximum absolute atomic E-state index is 12.5. The zero-order valence-electron chi connectivity index (χ0n) is 13.3. The van der Waals surface area contributed by atoms with Crippen LogP contribution in [0.1, 0.15) is 24.2 Å². The fourth-order valence-corrected chi connectivity index (χ4v) is 2.18. The van der Waals surface area contributed by atoms with Crippen molar-refractivity contribution in [3.05, 3.63) is 36.0 Å². The number of ether oxygens (including phenoxy) is 2. The van der Waals surface area contributed by atoms with Gasteiger partial charge in [-0.1, -0.05) is 19.9 Å². The lowest BCUT2D eigenvalue weighted by molar-refractivity contribution is 0.102. The highest BCUT2D eigenvalue weighted by molar-refractivity contribution is 6.06. The molecule has 0 saturated heterocycles. The van der Waals surface area contributed by atoms with Crippen LogP contribution in [0, 0.1) is 5.92 Å². The number of aromatic nitrogens is 2. The lowest BCUT2D eigenvalue weighted by atomic mass is 10.1. The minimum Gasteiger partial charge on any atom is -0.493 e. The van der Waals surface area contributed by atoms with Crippen LogP contribution in [0.25, 0.3) is 0 Å². The molecule has 1 amide bonds. The third kappa shape index (κ3) is 3.39. The van der Waals surface area contributed by atoms with Crippen molar-refractivity contribution in [2.75, 3.05) is 19.5 Å². The van der Waals surface area contributed by atoms with Crippen molar-refractivity contribution >= 4 is 11.7 Å². The van der Waals surface area contributed by atoms with Gasteiger partial charge in [-0.15, -0.1) is 0 Å². The van der Waals surface area contributed by atoms with Crippen LogP contribution in [-0.2, 0) is 6.54 Å². The summed E-state index contributed by atoms with van der Waals surface area (Å²) < 4.78 is 12.3. The fraction of sp³-hybridized carbons (Fsp3) is 0.375. The van der Waals surface area contributed by atoms with Gasteiger partial charge in [-0.2, -0.15) is 5.10 Å². The first kappa shape index (κ1) is 15.9. The maximum atomic E-state index is 12.5. The zero-order chi connectivity index (χ0) is 16.1. The summed E-state index contributed by atoms with van der Waals surface area (Å²) in [6.45, 7) is 4.93. The van der Waals surface area contributed by atoms with Gasteiger partial charge in [0.15, 0.2) is 11.5 Å². The summed E-state index contributed by atoms with van der Waals surface area (Å²) in [5.74, 6) is 1.76. The second kappa shape index (κ2) is 6.98. The van der Waals surface area contributed by atoms with Crippen molar-refractivity contribution < 1.29 is 14.3 Å². The molecule has 0 fully saturated rings. The Hall–Kier alpha value is -2.50. The quantitative estimate of drug-likeness (QED) is 0.891. The van der Waals surface area contributed by atoms with Gasteiger partial charge in [0, 0.05) is 12.6 Å². The number of para-hydroxylation sites is 1. The van der Waals surface area contributed by atoms with Crippen LogP contribution < -0.4 is 14.8 Å². The van der Waals surface area contributed by atoms with Gasteiger partial charge < -0.3 is 14.8 Å². The molecule has 0 aliphatic heterocycles. The molecule has 1 aromatic heterocycles. The van der Waals surface area contributed by atoms with Crippen molar-refractivity contribution in [2.45, 2.75) is 20.4 Å². The van der Waals surface area contributed by atoms with Crippen LogP contribution in [0.5, 0.6) is 11.5 Å². The first-order valence-electron chi connectivity index (χ1n) is 7.11. The molecule has 2 rings (SSSR count). The van der Waals surface area contributed by atoms with Crippen molar-refractivity contribution in [1.29, 1.82) is 0 Å². The Bertz CT molecular complexity index is 650. The summed E-state index contributed by atoms with van der Waals surface area (Å²) in [5.41, 5.74) is 0.416. The van der Waals surface area contributed by atoms with E-state index in [9.17, 15) is 4.79 Å². The molecule has 1 aromatic carbocycles. The lowest BCUT2D eigenvalue weighted by Crippen LogP contribution is -2.18. The van der Waals surface area contributed by atoms with E-state index in [1.165, 1.54) is 14.2 Å². The van der Waals surface area contributed by atoms with Crippen molar-refractivity contribution in [2.24, 2.45) is 5.92 Å². The van der Waals surface area contributed by atoms with Gasteiger partial charge in [-0.05, 0) is 18.1 Å². The fourth-order valence-electron chi connectivity index (χ4n) is 2.18. The number of nitrogens with zero attached hydrogens (tertiary/aromatic N) is 2. The molecule has 0 bridgehead atoms. The summed E-state index contributed by atoms with van der Waals surface area (Å²) in [6.07, 6.45) is 1.67. The number of hydrogen-bond donors (Lipinski definition) is 1. The Morgan fingerprint density at radius 2 is 2.05 bits per heavy atom. The molecule has 0 atom stereocenters. The van der Waals surface area contributed by atoms with E-state index in [0.29, 0.717) is 28.8 Å². The Kier molecular flexibility index (Phi) is 5.04. The second-order valence-corrected chi connectivity index (χ2v) is 5.29. The highest BCUT2D eigenvalue weighted by Gasteiger charge is 2.17. The first-order chi connectivity index (χ1) is 10.6. The summed E-state index contributed by atoms with van der Waals surface area (Å²) in [6, 6.07) is 6.97. The average molecular weight is 303 g/mol. The molecule has 118 valence electrons. The number of amides is 1. The van der Waals surface area contributed by atoms with Gasteiger partial charge in [0.1, 0.15) is 5.82 Å². The molecule has 0 saturated carbocycles. The third-order valence-electron chi connectivity index (χ3n) is 3.14. The number of nitrogens with one attached hydrogen (secondary N) is 1. The predicted molar refractivity (Wildman–Crippen MR) is 84.6 cm³/mol. The van der Waals surface area contributed by atoms with Crippen LogP contribution in [0.3, 0.4) is 0 Å².